The van der Waals surface area contributed by atoms with Crippen LogP contribution in [0.4, 0.5) is 11.4 Å². The van der Waals surface area contributed by atoms with E-state index in [0.717, 1.165) is 11.1 Å². The van der Waals surface area contributed by atoms with Crippen molar-refractivity contribution in [3.8, 4) is 17.5 Å². The van der Waals surface area contributed by atoms with Crippen molar-refractivity contribution in [3.05, 3.63) is 70.1 Å². The molecule has 10 nitrogen and oxygen atoms in total. The molecule has 0 spiro atoms. The number of unbranched alkanes of at least 4 members (excludes halogenated alkanes) is 26. The van der Waals surface area contributed by atoms with Crippen molar-refractivity contribution in [1.29, 1.82) is 5.26 Å². The molecule has 63 heavy (non-hydrogen) atoms. The number of nitrogens with zero attached hydrogens (tertiary/aromatic N) is 9. The fraction of sp³-hybridized carbons (Fsp3) is 0.731. The normalized spacial score (nSPS) is 11.4. The summed E-state index contributed by atoms with van der Waals surface area (Å²) >= 11 is 0. The van der Waals surface area contributed by atoms with Crippen LogP contribution in [0.5, 0.6) is 0 Å². The van der Waals surface area contributed by atoms with Gasteiger partial charge in [-0.1, -0.05) is 194 Å². The van der Waals surface area contributed by atoms with Gasteiger partial charge in [0.25, 0.3) is 0 Å². The number of nitriles is 1. The summed E-state index contributed by atoms with van der Waals surface area (Å²) in [6.45, 7) is 9.21. The van der Waals surface area contributed by atoms with Crippen molar-refractivity contribution >= 4 is 11.4 Å². The van der Waals surface area contributed by atoms with Crippen LogP contribution in [-0.2, 0) is 0 Å². The number of tetrazole rings is 1. The molecule has 0 radical (unpaired) electrons. The van der Waals surface area contributed by atoms with Gasteiger partial charge in [0.1, 0.15) is 0 Å². The van der Waals surface area contributed by atoms with Crippen LogP contribution in [0.1, 0.15) is 226 Å². The first kappa shape index (κ1) is 59.9. The maximum absolute atomic E-state index is 8.91. The molecular formula is C52H89N10Na. The molecular weight excluding hydrogens is 788 g/mol. The summed E-state index contributed by atoms with van der Waals surface area (Å²) in [5.74, 6) is 0.643. The number of hydrogen-bond acceptors (Lipinski definition) is 6. The number of aromatic nitrogens is 4. The molecule has 0 aliphatic heterocycles. The molecule has 3 rings (SSSR count). The molecule has 1 aromatic heterocycles. The summed E-state index contributed by atoms with van der Waals surface area (Å²) < 4.78 is 0. The van der Waals surface area contributed by atoms with Crippen molar-refractivity contribution < 1.29 is 29.6 Å². The molecule has 0 aliphatic rings. The number of rotatable bonds is 35. The summed E-state index contributed by atoms with van der Waals surface area (Å²) in [6.07, 6.45) is 42.2. The second-order valence-electron chi connectivity index (χ2n) is 17.7. The maximum Gasteiger partial charge on any atom is 1.00 e. The Bertz CT molecular complexity index is 1490. The maximum atomic E-state index is 8.91. The molecule has 1 heterocycles. The third-order valence-corrected chi connectivity index (χ3v) is 12.6. The Morgan fingerprint density at radius 2 is 0.841 bits per heavy atom. The molecule has 0 amide bonds. The SMILES string of the molecule is CCCCCCCCCCCCCCCCC(C)N(C)c1ccc(-c2nn[nH]n2)cc1.CCCCCCCCCCCCCCCCC(C)N(C)c1ccc(C#N)cc1.[N-]=[N+]=[N-].[Na+]. The van der Waals surface area contributed by atoms with Crippen LogP contribution in [0.15, 0.2) is 48.5 Å². The van der Waals surface area contributed by atoms with Gasteiger partial charge in [0, 0.05) is 43.1 Å². The van der Waals surface area contributed by atoms with Crippen molar-refractivity contribution in [3.63, 3.8) is 0 Å². The van der Waals surface area contributed by atoms with E-state index in [1.54, 1.807) is 0 Å². The monoisotopic (exact) mass is 877 g/mol. The summed E-state index contributed by atoms with van der Waals surface area (Å²) in [5.41, 5.74) is 17.7. The molecule has 348 valence electrons. The molecule has 0 bridgehead atoms. The Balaban J connectivity index is 0.00000114. The van der Waals surface area contributed by atoms with Gasteiger partial charge in [0.2, 0.25) is 5.82 Å². The number of anilines is 2. The van der Waals surface area contributed by atoms with Gasteiger partial charge in [0.15, 0.2) is 0 Å². The molecule has 1 N–H and O–H groups in total. The van der Waals surface area contributed by atoms with Crippen LogP contribution in [-0.4, -0.2) is 46.8 Å². The first-order valence-electron chi connectivity index (χ1n) is 25.1. The van der Waals surface area contributed by atoms with E-state index in [1.807, 2.05) is 12.1 Å². The van der Waals surface area contributed by atoms with Gasteiger partial charge in [-0.15, -0.1) is 10.2 Å². The molecule has 2 unspecified atom stereocenters. The molecule has 2 aromatic carbocycles. The van der Waals surface area contributed by atoms with E-state index in [4.69, 9.17) is 16.3 Å². The minimum atomic E-state index is 0. The van der Waals surface area contributed by atoms with Gasteiger partial charge in [0.05, 0.1) is 11.6 Å². The van der Waals surface area contributed by atoms with Crippen molar-refractivity contribution in [2.24, 2.45) is 0 Å². The predicted molar refractivity (Wildman–Crippen MR) is 266 cm³/mol. The number of benzene rings is 2. The van der Waals surface area contributed by atoms with Crippen molar-refractivity contribution in [1.82, 2.24) is 20.6 Å². The molecule has 0 aliphatic carbocycles. The van der Waals surface area contributed by atoms with E-state index in [0.29, 0.717) is 17.9 Å². The number of nitrogens with one attached hydrogen (secondary N) is 1. The standard InChI is InChI=1S/C26H45N5.C26H44N2.N3.Na/c1-4-5-6-7-8-9-10-11-12-13-14-15-16-17-18-23(2)31(3)25-21-19-24(20-22-25)26-27-29-30-28-26;1-4-5-6-7-8-9-10-11-12-13-14-15-16-17-18-24(2)28(3)26-21-19-25(23-27)20-22-26;1-3-2;/h19-23H,4-18H2,1-3H3,(H,27,28,29,30);19-22,24H,4-18H2,1-3H3;;/q;;-1;+1. The van der Waals surface area contributed by atoms with E-state index in [2.05, 4.69) is 115 Å². The van der Waals surface area contributed by atoms with Crippen LogP contribution in [0.3, 0.4) is 0 Å². The molecule has 0 fully saturated rings. The van der Waals surface area contributed by atoms with Gasteiger partial charge in [-0.3, -0.25) is 4.91 Å². The molecule has 11 heteroatoms. The van der Waals surface area contributed by atoms with E-state index >= 15 is 0 Å². The summed E-state index contributed by atoms with van der Waals surface area (Å²) in [6, 6.07) is 19.6. The van der Waals surface area contributed by atoms with Gasteiger partial charge in [-0.25, -0.2) is 0 Å². The summed E-state index contributed by atoms with van der Waals surface area (Å²) in [5, 5.41) is 23.1. The Morgan fingerprint density at radius 3 is 1.13 bits per heavy atom. The smallest absolute Gasteiger partial charge is 0.373 e. The van der Waals surface area contributed by atoms with E-state index in [9.17, 15) is 0 Å². The van der Waals surface area contributed by atoms with Crippen molar-refractivity contribution in [2.45, 2.75) is 232 Å². The second kappa shape index (κ2) is 42.8. The second-order valence-corrected chi connectivity index (χ2v) is 17.7. The summed E-state index contributed by atoms with van der Waals surface area (Å²) in [4.78, 5) is 6.21. The Labute approximate surface area is 408 Å². The van der Waals surface area contributed by atoms with Crippen LogP contribution in [0.25, 0.3) is 27.4 Å². The zero-order chi connectivity index (χ0) is 45.3. The number of hydrogen-bond donors (Lipinski definition) is 1. The zero-order valence-electron chi connectivity index (χ0n) is 41.5. The fourth-order valence-electron chi connectivity index (χ4n) is 8.07. The van der Waals surface area contributed by atoms with E-state index in [1.165, 1.54) is 209 Å². The molecule has 0 saturated carbocycles. The fourth-order valence-corrected chi connectivity index (χ4v) is 8.07. The molecule has 0 saturated heterocycles. The average Bonchev–Trinajstić information content (AvgIpc) is 3.85. The minimum absolute atomic E-state index is 0. The number of aromatic amines is 1. The number of H-pyrrole nitrogens is 1. The van der Waals surface area contributed by atoms with Gasteiger partial charge in [-0.05, 0) is 80.4 Å². The zero-order valence-corrected chi connectivity index (χ0v) is 43.5. The Hall–Kier alpha value is -3.09. The minimum Gasteiger partial charge on any atom is -0.373 e. The Kier molecular flexibility index (Phi) is 40.7. The summed E-state index contributed by atoms with van der Waals surface area (Å²) in [7, 11) is 4.35. The quantitative estimate of drug-likeness (QED) is 0.0205. The van der Waals surface area contributed by atoms with Gasteiger partial charge < -0.3 is 20.9 Å². The first-order valence-corrected chi connectivity index (χ1v) is 25.1. The van der Waals surface area contributed by atoms with Crippen LogP contribution in [0, 0.1) is 11.3 Å². The topological polar surface area (TPSA) is 143 Å². The van der Waals surface area contributed by atoms with Gasteiger partial charge >= 0.3 is 29.6 Å². The molecule has 3 aromatic rings. The third-order valence-electron chi connectivity index (χ3n) is 12.6. The van der Waals surface area contributed by atoms with Crippen molar-refractivity contribution in [2.75, 3.05) is 23.9 Å². The largest absolute Gasteiger partial charge is 1.00 e. The molecule has 2 atom stereocenters. The first-order chi connectivity index (χ1) is 30.3. The predicted octanol–water partition coefficient (Wildman–Crippen LogP) is 13.7. The van der Waals surface area contributed by atoms with Crippen LogP contribution < -0.4 is 39.4 Å². The van der Waals surface area contributed by atoms with Crippen LogP contribution in [0.2, 0.25) is 0 Å². The van der Waals surface area contributed by atoms with E-state index in [-0.39, 0.29) is 29.6 Å². The third kappa shape index (κ3) is 31.4. The van der Waals surface area contributed by atoms with Crippen LogP contribution >= 0.6 is 0 Å². The van der Waals surface area contributed by atoms with Gasteiger partial charge in [-0.2, -0.15) is 10.5 Å². The van der Waals surface area contributed by atoms with E-state index < -0.39 is 0 Å². The Morgan fingerprint density at radius 1 is 0.540 bits per heavy atom. The average molecular weight is 877 g/mol.